The molecule has 6 heteroatoms. The number of nitrogens with one attached hydrogen (secondary N) is 1. The van der Waals surface area contributed by atoms with Crippen LogP contribution in [0.3, 0.4) is 0 Å². The highest BCUT2D eigenvalue weighted by molar-refractivity contribution is 7.13. The second-order valence-corrected chi connectivity index (χ2v) is 6.43. The van der Waals surface area contributed by atoms with E-state index in [2.05, 4.69) is 29.0 Å². The number of hydrazone groups is 1. The molecule has 0 amide bonds. The van der Waals surface area contributed by atoms with Crippen molar-refractivity contribution in [3.05, 3.63) is 47.0 Å². The number of aromatic nitrogens is 1. The lowest BCUT2D eigenvalue weighted by atomic mass is 10.1. The molecule has 0 radical (unpaired) electrons. The van der Waals surface area contributed by atoms with Crippen LogP contribution in [-0.4, -0.2) is 24.9 Å². The summed E-state index contributed by atoms with van der Waals surface area (Å²) in [5.41, 5.74) is 5.89. The highest BCUT2D eigenvalue weighted by Gasteiger charge is 2.12. The van der Waals surface area contributed by atoms with Gasteiger partial charge in [0.1, 0.15) is 0 Å². The number of aryl methyl sites for hydroxylation is 1. The van der Waals surface area contributed by atoms with Gasteiger partial charge in [0.15, 0.2) is 11.5 Å². The fourth-order valence-corrected chi connectivity index (χ4v) is 2.90. The van der Waals surface area contributed by atoms with Crippen LogP contribution < -0.4 is 14.9 Å². The van der Waals surface area contributed by atoms with Crippen molar-refractivity contribution in [2.45, 2.75) is 33.1 Å². The SMILES string of the molecule is C=CCc1cc(C=NNc2nc(C)cs2)cc(OC)c1OCCCC. The van der Waals surface area contributed by atoms with Crippen molar-refractivity contribution in [2.24, 2.45) is 5.10 Å². The van der Waals surface area contributed by atoms with Crippen LogP contribution in [0.2, 0.25) is 0 Å². The van der Waals surface area contributed by atoms with Crippen LogP contribution >= 0.6 is 11.3 Å². The lowest BCUT2D eigenvalue weighted by Crippen LogP contribution is -2.03. The molecule has 2 rings (SSSR count). The van der Waals surface area contributed by atoms with E-state index in [-0.39, 0.29) is 0 Å². The Morgan fingerprint density at radius 1 is 1.40 bits per heavy atom. The van der Waals surface area contributed by atoms with E-state index in [1.807, 2.05) is 30.5 Å². The first-order valence-electron chi connectivity index (χ1n) is 8.33. The average Bonchev–Trinajstić information content (AvgIpc) is 3.02. The van der Waals surface area contributed by atoms with Gasteiger partial charge in [-0.3, -0.25) is 5.43 Å². The number of anilines is 1. The van der Waals surface area contributed by atoms with Crippen LogP contribution in [0.4, 0.5) is 5.13 Å². The molecule has 134 valence electrons. The van der Waals surface area contributed by atoms with Crippen LogP contribution in [0.1, 0.15) is 36.6 Å². The minimum Gasteiger partial charge on any atom is -0.493 e. The van der Waals surface area contributed by atoms with Crippen molar-refractivity contribution in [2.75, 3.05) is 19.1 Å². The molecule has 0 aliphatic carbocycles. The summed E-state index contributed by atoms with van der Waals surface area (Å²) < 4.78 is 11.5. The Kier molecular flexibility index (Phi) is 7.47. The summed E-state index contributed by atoms with van der Waals surface area (Å²) in [6.45, 7) is 8.60. The predicted molar refractivity (Wildman–Crippen MR) is 105 cm³/mol. The van der Waals surface area contributed by atoms with E-state index >= 15 is 0 Å². The first-order valence-corrected chi connectivity index (χ1v) is 9.21. The third-order valence-corrected chi connectivity index (χ3v) is 4.34. The van der Waals surface area contributed by atoms with Crippen LogP contribution in [0.5, 0.6) is 11.5 Å². The zero-order chi connectivity index (χ0) is 18.1. The summed E-state index contributed by atoms with van der Waals surface area (Å²) in [5.74, 6) is 1.50. The molecule has 2 aromatic rings. The molecule has 0 saturated heterocycles. The van der Waals surface area contributed by atoms with Crippen molar-refractivity contribution in [3.63, 3.8) is 0 Å². The summed E-state index contributed by atoms with van der Waals surface area (Å²) in [6, 6.07) is 3.97. The molecule has 0 fully saturated rings. The minimum atomic E-state index is 0.676. The first kappa shape index (κ1) is 19.0. The number of allylic oxidation sites excluding steroid dienone is 1. The number of nitrogens with zero attached hydrogens (tertiary/aromatic N) is 2. The molecule has 5 nitrogen and oxygen atoms in total. The molecular formula is C19H25N3O2S. The van der Waals surface area contributed by atoms with E-state index in [4.69, 9.17) is 9.47 Å². The lowest BCUT2D eigenvalue weighted by molar-refractivity contribution is 0.286. The van der Waals surface area contributed by atoms with Gasteiger partial charge >= 0.3 is 0 Å². The van der Waals surface area contributed by atoms with Crippen LogP contribution in [0.15, 0.2) is 35.3 Å². The summed E-state index contributed by atoms with van der Waals surface area (Å²) in [6.07, 6.45) is 6.42. The van der Waals surface area contributed by atoms with Crippen molar-refractivity contribution in [1.29, 1.82) is 0 Å². The zero-order valence-corrected chi connectivity index (χ0v) is 15.9. The Bertz CT molecular complexity index is 725. The van der Waals surface area contributed by atoms with Crippen LogP contribution in [0, 0.1) is 6.92 Å². The third-order valence-electron chi connectivity index (χ3n) is 3.48. The fourth-order valence-electron chi connectivity index (χ4n) is 2.27. The number of benzene rings is 1. The molecule has 0 aliphatic heterocycles. The van der Waals surface area contributed by atoms with E-state index in [0.29, 0.717) is 18.8 Å². The quantitative estimate of drug-likeness (QED) is 0.286. The third kappa shape index (κ3) is 5.60. The monoisotopic (exact) mass is 359 g/mol. The van der Waals surface area contributed by atoms with Gasteiger partial charge in [-0.2, -0.15) is 5.10 Å². The topological polar surface area (TPSA) is 55.7 Å². The van der Waals surface area contributed by atoms with Gasteiger partial charge in [0.2, 0.25) is 5.13 Å². The molecule has 0 atom stereocenters. The summed E-state index contributed by atoms with van der Waals surface area (Å²) in [7, 11) is 1.65. The molecule has 0 aliphatic rings. The second-order valence-electron chi connectivity index (χ2n) is 5.57. The first-order chi connectivity index (χ1) is 12.2. The number of thiazole rings is 1. The van der Waals surface area contributed by atoms with Gasteiger partial charge < -0.3 is 9.47 Å². The van der Waals surface area contributed by atoms with Gasteiger partial charge in [-0.25, -0.2) is 4.98 Å². The molecule has 25 heavy (non-hydrogen) atoms. The molecule has 1 N–H and O–H groups in total. The van der Waals surface area contributed by atoms with Crippen molar-refractivity contribution >= 4 is 22.7 Å². The normalized spacial score (nSPS) is 10.8. The Balaban J connectivity index is 2.19. The highest BCUT2D eigenvalue weighted by Crippen LogP contribution is 2.33. The zero-order valence-electron chi connectivity index (χ0n) is 15.0. The molecule has 0 bridgehead atoms. The van der Waals surface area contributed by atoms with Gasteiger partial charge in [-0.05, 0) is 37.5 Å². The molecule has 0 unspecified atom stereocenters. The van der Waals surface area contributed by atoms with E-state index in [9.17, 15) is 0 Å². The van der Waals surface area contributed by atoms with Gasteiger partial charge in [-0.15, -0.1) is 17.9 Å². The highest BCUT2D eigenvalue weighted by atomic mass is 32.1. The molecule has 1 aromatic heterocycles. The Hall–Kier alpha value is -2.34. The molecule has 1 heterocycles. The van der Waals surface area contributed by atoms with Crippen molar-refractivity contribution in [1.82, 2.24) is 4.98 Å². The van der Waals surface area contributed by atoms with E-state index < -0.39 is 0 Å². The van der Waals surface area contributed by atoms with Crippen LogP contribution in [0.25, 0.3) is 0 Å². The number of rotatable bonds is 10. The second kappa shape index (κ2) is 9.84. The van der Waals surface area contributed by atoms with E-state index in [0.717, 1.165) is 40.5 Å². The van der Waals surface area contributed by atoms with Gasteiger partial charge in [0.05, 0.1) is 25.6 Å². The minimum absolute atomic E-state index is 0.676. The van der Waals surface area contributed by atoms with Crippen LogP contribution in [-0.2, 0) is 6.42 Å². The number of hydrogen-bond acceptors (Lipinski definition) is 6. The maximum Gasteiger partial charge on any atom is 0.203 e. The number of methoxy groups -OCH3 is 1. The molecule has 0 spiro atoms. The summed E-state index contributed by atoms with van der Waals surface area (Å²) in [4.78, 5) is 4.31. The largest absolute Gasteiger partial charge is 0.493 e. The summed E-state index contributed by atoms with van der Waals surface area (Å²) in [5, 5.41) is 7.01. The standard InChI is InChI=1S/C19H25N3O2S/c1-5-7-9-24-18-16(8-6-2)10-15(11-17(18)23-4)12-20-22-19-21-14(3)13-25-19/h6,10-13H,2,5,7-9H2,1,3-4H3,(H,21,22). The Labute approximate surface area is 153 Å². The van der Waals surface area contributed by atoms with Gasteiger partial charge in [0, 0.05) is 10.9 Å². The fraction of sp³-hybridized carbons (Fsp3) is 0.368. The van der Waals surface area contributed by atoms with Gasteiger partial charge in [0.25, 0.3) is 0 Å². The van der Waals surface area contributed by atoms with E-state index in [1.54, 1.807) is 13.3 Å². The lowest BCUT2D eigenvalue weighted by Gasteiger charge is -2.15. The van der Waals surface area contributed by atoms with E-state index in [1.165, 1.54) is 11.3 Å². The number of hydrogen-bond donors (Lipinski definition) is 1. The Morgan fingerprint density at radius 2 is 2.24 bits per heavy atom. The Morgan fingerprint density at radius 3 is 2.88 bits per heavy atom. The number of unbranched alkanes of at least 4 members (excludes halogenated alkanes) is 1. The summed E-state index contributed by atoms with van der Waals surface area (Å²) >= 11 is 1.52. The predicted octanol–water partition coefficient (Wildman–Crippen LogP) is 4.81. The van der Waals surface area contributed by atoms with Crippen molar-refractivity contribution < 1.29 is 9.47 Å². The molecular weight excluding hydrogens is 334 g/mol. The maximum absolute atomic E-state index is 5.94. The average molecular weight is 359 g/mol. The molecule has 1 aromatic carbocycles. The molecule has 0 saturated carbocycles. The number of ether oxygens (including phenoxy) is 2. The maximum atomic E-state index is 5.94. The smallest absolute Gasteiger partial charge is 0.203 e. The van der Waals surface area contributed by atoms with Gasteiger partial charge in [-0.1, -0.05) is 19.4 Å². The van der Waals surface area contributed by atoms with Crippen molar-refractivity contribution in [3.8, 4) is 11.5 Å².